The van der Waals surface area contributed by atoms with Gasteiger partial charge in [-0.25, -0.2) is 5.01 Å². The Kier molecular flexibility index (Phi) is 3.23. The fourth-order valence-corrected chi connectivity index (χ4v) is 2.15. The Labute approximate surface area is 90.8 Å². The van der Waals surface area contributed by atoms with E-state index < -0.39 is 0 Å². The van der Waals surface area contributed by atoms with Crippen molar-refractivity contribution in [2.75, 3.05) is 20.2 Å². The van der Waals surface area contributed by atoms with Gasteiger partial charge < -0.3 is 4.74 Å². The van der Waals surface area contributed by atoms with Crippen LogP contribution in [0.15, 0.2) is 24.3 Å². The first-order valence-electron chi connectivity index (χ1n) is 5.43. The fraction of sp³-hybridized carbons (Fsp3) is 0.500. The van der Waals surface area contributed by atoms with Crippen molar-refractivity contribution < 1.29 is 4.74 Å². The summed E-state index contributed by atoms with van der Waals surface area (Å²) in [5, 5.41) is 1.92. The Morgan fingerprint density at radius 2 is 2.07 bits per heavy atom. The minimum absolute atomic E-state index is 0.578. The topological polar surface area (TPSA) is 38.5 Å². The van der Waals surface area contributed by atoms with Gasteiger partial charge in [-0.3, -0.25) is 5.84 Å². The van der Waals surface area contributed by atoms with E-state index in [1.165, 1.54) is 18.4 Å². The molecule has 1 heterocycles. The zero-order valence-corrected chi connectivity index (χ0v) is 9.15. The summed E-state index contributed by atoms with van der Waals surface area (Å²) in [7, 11) is 1.69. The summed E-state index contributed by atoms with van der Waals surface area (Å²) in [6.07, 6.45) is 2.42. The molecule has 1 aromatic rings. The quantitative estimate of drug-likeness (QED) is 0.749. The molecule has 0 saturated carbocycles. The maximum Gasteiger partial charge on any atom is 0.118 e. The third-order valence-electron chi connectivity index (χ3n) is 3.04. The number of hydrogen-bond donors (Lipinski definition) is 1. The van der Waals surface area contributed by atoms with Gasteiger partial charge in [0.05, 0.1) is 7.11 Å². The maximum absolute atomic E-state index is 5.83. The van der Waals surface area contributed by atoms with Gasteiger partial charge in [0.25, 0.3) is 0 Å². The van der Waals surface area contributed by atoms with Crippen LogP contribution in [0.2, 0.25) is 0 Å². The standard InChI is InChI=1S/C12H18N2O/c1-15-12-6-4-10(5-7-12)11-3-2-8-14(13)9-11/h4-7,11H,2-3,8-9,13H2,1H3. The lowest BCUT2D eigenvalue weighted by atomic mass is 9.91. The molecule has 2 rings (SSSR count). The monoisotopic (exact) mass is 206 g/mol. The molecule has 82 valence electrons. The van der Waals surface area contributed by atoms with Gasteiger partial charge in [0.1, 0.15) is 5.75 Å². The summed E-state index contributed by atoms with van der Waals surface area (Å²) in [6, 6.07) is 8.32. The van der Waals surface area contributed by atoms with E-state index in [4.69, 9.17) is 10.6 Å². The van der Waals surface area contributed by atoms with E-state index in [0.29, 0.717) is 5.92 Å². The van der Waals surface area contributed by atoms with Gasteiger partial charge in [0, 0.05) is 13.1 Å². The molecular formula is C12H18N2O. The van der Waals surface area contributed by atoms with Crippen LogP contribution in [0.3, 0.4) is 0 Å². The Morgan fingerprint density at radius 1 is 1.33 bits per heavy atom. The molecule has 3 nitrogen and oxygen atoms in total. The predicted molar refractivity (Wildman–Crippen MR) is 60.7 cm³/mol. The van der Waals surface area contributed by atoms with Gasteiger partial charge in [-0.1, -0.05) is 12.1 Å². The van der Waals surface area contributed by atoms with Crippen molar-refractivity contribution in [2.45, 2.75) is 18.8 Å². The summed E-state index contributed by atoms with van der Waals surface area (Å²) in [4.78, 5) is 0. The summed E-state index contributed by atoms with van der Waals surface area (Å²) in [5.41, 5.74) is 1.37. The molecule has 0 amide bonds. The molecule has 1 unspecified atom stereocenters. The molecule has 0 aliphatic carbocycles. The third-order valence-corrected chi connectivity index (χ3v) is 3.04. The fourth-order valence-electron chi connectivity index (χ4n) is 2.15. The van der Waals surface area contributed by atoms with Crippen LogP contribution in [0.5, 0.6) is 5.75 Å². The molecule has 15 heavy (non-hydrogen) atoms. The van der Waals surface area contributed by atoms with E-state index in [9.17, 15) is 0 Å². The van der Waals surface area contributed by atoms with Crippen molar-refractivity contribution in [1.29, 1.82) is 0 Å². The largest absolute Gasteiger partial charge is 0.497 e. The molecule has 0 spiro atoms. The number of rotatable bonds is 2. The lowest BCUT2D eigenvalue weighted by molar-refractivity contribution is 0.213. The average Bonchev–Trinajstić information content (AvgIpc) is 2.29. The van der Waals surface area contributed by atoms with Gasteiger partial charge in [-0.15, -0.1) is 0 Å². The van der Waals surface area contributed by atoms with Crippen molar-refractivity contribution in [2.24, 2.45) is 5.84 Å². The smallest absolute Gasteiger partial charge is 0.118 e. The molecule has 3 heteroatoms. The second-order valence-corrected chi connectivity index (χ2v) is 4.11. The second kappa shape index (κ2) is 4.64. The number of nitrogens with two attached hydrogens (primary N) is 1. The Hall–Kier alpha value is -1.06. The molecule has 1 aliphatic heterocycles. The van der Waals surface area contributed by atoms with Gasteiger partial charge in [0.2, 0.25) is 0 Å². The zero-order chi connectivity index (χ0) is 10.7. The van der Waals surface area contributed by atoms with Crippen molar-refractivity contribution in [3.63, 3.8) is 0 Å². The molecule has 1 saturated heterocycles. The molecule has 1 aromatic carbocycles. The van der Waals surface area contributed by atoms with Crippen LogP contribution in [-0.2, 0) is 0 Å². The highest BCUT2D eigenvalue weighted by atomic mass is 16.5. The first kappa shape index (κ1) is 10.5. The van der Waals surface area contributed by atoms with Crippen LogP contribution < -0.4 is 10.6 Å². The molecule has 1 fully saturated rings. The van der Waals surface area contributed by atoms with E-state index in [-0.39, 0.29) is 0 Å². The second-order valence-electron chi connectivity index (χ2n) is 4.11. The first-order valence-corrected chi connectivity index (χ1v) is 5.43. The molecular weight excluding hydrogens is 188 g/mol. The van der Waals surface area contributed by atoms with Gasteiger partial charge >= 0.3 is 0 Å². The molecule has 1 aliphatic rings. The number of piperidine rings is 1. The number of hydrogen-bond acceptors (Lipinski definition) is 3. The van der Waals surface area contributed by atoms with Crippen LogP contribution in [0, 0.1) is 0 Å². The molecule has 0 radical (unpaired) electrons. The normalized spacial score (nSPS) is 22.7. The van der Waals surface area contributed by atoms with Crippen LogP contribution >= 0.6 is 0 Å². The first-order chi connectivity index (χ1) is 7.29. The number of nitrogens with zero attached hydrogens (tertiary/aromatic N) is 1. The van der Waals surface area contributed by atoms with Crippen molar-refractivity contribution in [1.82, 2.24) is 5.01 Å². The Bertz CT molecular complexity index is 310. The van der Waals surface area contributed by atoms with E-state index in [1.54, 1.807) is 7.11 Å². The number of methoxy groups -OCH3 is 1. The third kappa shape index (κ3) is 2.49. The lowest BCUT2D eigenvalue weighted by Crippen LogP contribution is -2.39. The highest BCUT2D eigenvalue weighted by Crippen LogP contribution is 2.26. The summed E-state index contributed by atoms with van der Waals surface area (Å²) >= 11 is 0. The van der Waals surface area contributed by atoms with E-state index in [1.807, 2.05) is 17.1 Å². The highest BCUT2D eigenvalue weighted by molar-refractivity contribution is 5.29. The average molecular weight is 206 g/mol. The van der Waals surface area contributed by atoms with Crippen molar-refractivity contribution in [3.05, 3.63) is 29.8 Å². The molecule has 1 atom stereocenters. The summed E-state index contributed by atoms with van der Waals surface area (Å²) in [6.45, 7) is 1.99. The molecule has 0 bridgehead atoms. The number of benzene rings is 1. The zero-order valence-electron chi connectivity index (χ0n) is 9.15. The number of hydrazine groups is 1. The number of ether oxygens (including phenoxy) is 1. The van der Waals surface area contributed by atoms with Crippen LogP contribution in [-0.4, -0.2) is 25.2 Å². The van der Waals surface area contributed by atoms with Crippen LogP contribution in [0.1, 0.15) is 24.3 Å². The predicted octanol–water partition coefficient (Wildman–Crippen LogP) is 1.75. The molecule has 2 N–H and O–H groups in total. The minimum Gasteiger partial charge on any atom is -0.497 e. The van der Waals surface area contributed by atoms with Crippen molar-refractivity contribution >= 4 is 0 Å². The van der Waals surface area contributed by atoms with Crippen LogP contribution in [0.4, 0.5) is 0 Å². The van der Waals surface area contributed by atoms with Crippen molar-refractivity contribution in [3.8, 4) is 5.75 Å². The van der Waals surface area contributed by atoms with Crippen LogP contribution in [0.25, 0.3) is 0 Å². The summed E-state index contributed by atoms with van der Waals surface area (Å²) in [5.74, 6) is 7.32. The lowest BCUT2D eigenvalue weighted by Gasteiger charge is -2.29. The van der Waals surface area contributed by atoms with Gasteiger partial charge in [-0.05, 0) is 36.5 Å². The Balaban J connectivity index is 2.07. The van der Waals surface area contributed by atoms with Gasteiger partial charge in [0.15, 0.2) is 0 Å². The van der Waals surface area contributed by atoms with E-state index in [0.717, 1.165) is 18.8 Å². The molecule has 0 aromatic heterocycles. The SMILES string of the molecule is COc1ccc(C2CCCN(N)C2)cc1. The maximum atomic E-state index is 5.83. The minimum atomic E-state index is 0.578. The summed E-state index contributed by atoms with van der Waals surface area (Å²) < 4.78 is 5.14. The highest BCUT2D eigenvalue weighted by Gasteiger charge is 2.18. The van der Waals surface area contributed by atoms with Gasteiger partial charge in [-0.2, -0.15) is 0 Å². The van der Waals surface area contributed by atoms with E-state index >= 15 is 0 Å². The van der Waals surface area contributed by atoms with E-state index in [2.05, 4.69) is 12.1 Å². The Morgan fingerprint density at radius 3 is 2.67 bits per heavy atom.